The molecule has 1 aromatic heterocycles. The van der Waals surface area contributed by atoms with Gasteiger partial charge in [-0.3, -0.25) is 10.1 Å². The number of thiazole rings is 1. The maximum Gasteiger partial charge on any atom is 0.325 e. The highest BCUT2D eigenvalue weighted by atomic mass is 32.1. The number of benzene rings is 1. The first-order valence-corrected chi connectivity index (χ1v) is 8.66. The molecule has 3 N–H and O–H groups in total. The lowest BCUT2D eigenvalue weighted by molar-refractivity contribution is -0.120. The van der Waals surface area contributed by atoms with Gasteiger partial charge in [-0.15, -0.1) is 11.3 Å². The van der Waals surface area contributed by atoms with E-state index in [4.69, 9.17) is 0 Å². The number of nitrogens with one attached hydrogen (secondary N) is 3. The van der Waals surface area contributed by atoms with Crippen molar-refractivity contribution in [2.75, 3.05) is 17.2 Å². The Morgan fingerprint density at radius 3 is 2.54 bits per heavy atom. The van der Waals surface area contributed by atoms with E-state index in [0.717, 1.165) is 5.56 Å². The van der Waals surface area contributed by atoms with Crippen LogP contribution in [-0.2, 0) is 11.2 Å². The number of hydrogen-bond acceptors (Lipinski definition) is 4. The minimum Gasteiger partial charge on any atom is -0.356 e. The van der Waals surface area contributed by atoms with Gasteiger partial charge in [-0.05, 0) is 25.0 Å². The summed E-state index contributed by atoms with van der Waals surface area (Å²) in [4.78, 5) is 28.0. The van der Waals surface area contributed by atoms with Crippen LogP contribution in [0.5, 0.6) is 0 Å². The summed E-state index contributed by atoms with van der Waals surface area (Å²) in [5.74, 6) is 0.344. The molecule has 0 bridgehead atoms. The molecular weight excluding hydrogens is 324 g/mol. The molecule has 0 saturated carbocycles. The normalized spacial score (nSPS) is 10.5. The molecule has 128 valence electrons. The minimum atomic E-state index is -0.357. The summed E-state index contributed by atoms with van der Waals surface area (Å²) in [5.41, 5.74) is 2.48. The van der Waals surface area contributed by atoms with Crippen molar-refractivity contribution in [3.05, 3.63) is 40.9 Å². The molecule has 3 amide bonds. The average molecular weight is 346 g/mol. The molecule has 0 aliphatic rings. The maximum atomic E-state index is 11.9. The Morgan fingerprint density at radius 2 is 1.88 bits per heavy atom. The molecule has 0 spiro atoms. The van der Waals surface area contributed by atoms with E-state index in [0.29, 0.717) is 29.0 Å². The molecule has 7 heteroatoms. The topological polar surface area (TPSA) is 83.1 Å². The van der Waals surface area contributed by atoms with E-state index in [-0.39, 0.29) is 18.4 Å². The summed E-state index contributed by atoms with van der Waals surface area (Å²) in [6.07, 6.45) is 0.213. The van der Waals surface area contributed by atoms with Crippen LogP contribution in [0.2, 0.25) is 0 Å². The highest BCUT2D eigenvalue weighted by Crippen LogP contribution is 2.16. The molecule has 1 aromatic carbocycles. The van der Waals surface area contributed by atoms with Gasteiger partial charge in [-0.25, -0.2) is 9.78 Å². The van der Waals surface area contributed by atoms with Crippen LogP contribution in [0.4, 0.5) is 15.6 Å². The number of carbonyl (C=O) groups is 2. The molecule has 2 rings (SSSR count). The highest BCUT2D eigenvalue weighted by Gasteiger charge is 2.10. The zero-order valence-electron chi connectivity index (χ0n) is 14.1. The Bertz CT molecular complexity index is 695. The summed E-state index contributed by atoms with van der Waals surface area (Å²) in [6, 6.07) is 7.16. The first kappa shape index (κ1) is 17.9. The van der Waals surface area contributed by atoms with E-state index in [9.17, 15) is 9.59 Å². The molecular formula is C17H22N4O2S. The number of anilines is 2. The molecule has 0 unspecified atom stereocenters. The molecule has 24 heavy (non-hydrogen) atoms. The second-order valence-corrected chi connectivity index (χ2v) is 6.82. The van der Waals surface area contributed by atoms with Crippen molar-refractivity contribution < 1.29 is 9.59 Å². The van der Waals surface area contributed by atoms with E-state index < -0.39 is 0 Å². The summed E-state index contributed by atoms with van der Waals surface area (Å²) in [6.45, 7) is 6.71. The van der Waals surface area contributed by atoms with Gasteiger partial charge in [0.2, 0.25) is 5.91 Å². The second-order valence-electron chi connectivity index (χ2n) is 5.96. The van der Waals surface area contributed by atoms with E-state index >= 15 is 0 Å². The lowest BCUT2D eigenvalue weighted by atomic mass is 10.2. The van der Waals surface area contributed by atoms with Crippen LogP contribution in [0.1, 0.15) is 25.1 Å². The molecule has 0 aliphatic heterocycles. The van der Waals surface area contributed by atoms with E-state index in [2.05, 4.69) is 20.9 Å². The molecule has 0 fully saturated rings. The van der Waals surface area contributed by atoms with Crippen LogP contribution in [0.3, 0.4) is 0 Å². The van der Waals surface area contributed by atoms with Crippen LogP contribution in [0.25, 0.3) is 0 Å². The first-order chi connectivity index (χ1) is 11.4. The number of nitrogens with zero attached hydrogens (tertiary/aromatic N) is 1. The third-order valence-electron chi connectivity index (χ3n) is 3.13. The van der Waals surface area contributed by atoms with E-state index in [1.807, 2.05) is 45.0 Å². The quantitative estimate of drug-likeness (QED) is 0.749. The number of hydrogen-bond donors (Lipinski definition) is 3. The summed E-state index contributed by atoms with van der Waals surface area (Å²) in [5, 5.41) is 10.5. The lowest BCUT2D eigenvalue weighted by Crippen LogP contribution is -2.28. The third-order valence-corrected chi connectivity index (χ3v) is 3.94. The Kier molecular flexibility index (Phi) is 6.31. The molecule has 0 atom stereocenters. The predicted molar refractivity (Wildman–Crippen MR) is 97.5 cm³/mol. The Morgan fingerprint density at radius 1 is 1.17 bits per heavy atom. The van der Waals surface area contributed by atoms with Crippen molar-refractivity contribution in [1.82, 2.24) is 10.3 Å². The largest absolute Gasteiger partial charge is 0.356 e. The maximum absolute atomic E-state index is 11.9. The predicted octanol–water partition coefficient (Wildman–Crippen LogP) is 3.41. The zero-order chi connectivity index (χ0) is 17.5. The van der Waals surface area contributed by atoms with Gasteiger partial charge in [0.15, 0.2) is 5.13 Å². The Balaban J connectivity index is 1.83. The second kappa shape index (κ2) is 8.44. The van der Waals surface area contributed by atoms with Crippen molar-refractivity contribution in [3.8, 4) is 0 Å². The van der Waals surface area contributed by atoms with Crippen molar-refractivity contribution in [3.63, 3.8) is 0 Å². The number of rotatable bonds is 6. The Hall–Kier alpha value is -2.41. The zero-order valence-corrected chi connectivity index (χ0v) is 14.9. The summed E-state index contributed by atoms with van der Waals surface area (Å²) >= 11 is 1.29. The van der Waals surface area contributed by atoms with Gasteiger partial charge in [0.25, 0.3) is 0 Å². The van der Waals surface area contributed by atoms with Gasteiger partial charge in [-0.1, -0.05) is 31.5 Å². The fourth-order valence-electron chi connectivity index (χ4n) is 1.89. The van der Waals surface area contributed by atoms with Crippen LogP contribution < -0.4 is 16.0 Å². The van der Waals surface area contributed by atoms with Crippen LogP contribution in [0, 0.1) is 12.8 Å². The SMILES string of the molecule is Cc1ccc(NC(=O)Nc2nc(CC(=O)NCC(C)C)cs2)cc1. The number of aryl methyl sites for hydroxylation is 1. The van der Waals surface area contributed by atoms with Crippen molar-refractivity contribution in [2.45, 2.75) is 27.2 Å². The van der Waals surface area contributed by atoms with Gasteiger partial charge in [0, 0.05) is 17.6 Å². The van der Waals surface area contributed by atoms with Gasteiger partial charge >= 0.3 is 6.03 Å². The van der Waals surface area contributed by atoms with Crippen molar-refractivity contribution in [1.29, 1.82) is 0 Å². The average Bonchev–Trinajstić information content (AvgIpc) is 2.94. The number of carbonyl (C=O) groups excluding carboxylic acids is 2. The van der Waals surface area contributed by atoms with Crippen molar-refractivity contribution >= 4 is 34.1 Å². The first-order valence-electron chi connectivity index (χ1n) is 7.78. The fourth-order valence-corrected chi connectivity index (χ4v) is 2.59. The fraction of sp³-hybridized carbons (Fsp3) is 0.353. The molecule has 1 heterocycles. The molecule has 2 aromatic rings. The smallest absolute Gasteiger partial charge is 0.325 e. The monoisotopic (exact) mass is 346 g/mol. The third kappa shape index (κ3) is 6.00. The molecule has 6 nitrogen and oxygen atoms in total. The van der Waals surface area contributed by atoms with Gasteiger partial charge in [0.1, 0.15) is 0 Å². The Labute approximate surface area is 145 Å². The summed E-state index contributed by atoms with van der Waals surface area (Å²) < 4.78 is 0. The van der Waals surface area contributed by atoms with E-state index in [1.54, 1.807) is 5.38 Å². The van der Waals surface area contributed by atoms with Crippen LogP contribution >= 0.6 is 11.3 Å². The van der Waals surface area contributed by atoms with Gasteiger partial charge in [0.05, 0.1) is 12.1 Å². The summed E-state index contributed by atoms with van der Waals surface area (Å²) in [7, 11) is 0. The minimum absolute atomic E-state index is 0.0651. The standard InChI is InChI=1S/C17H22N4O2S/c1-11(2)9-18-15(22)8-14-10-24-17(20-14)21-16(23)19-13-6-4-12(3)5-7-13/h4-7,10-11H,8-9H2,1-3H3,(H,18,22)(H2,19,20,21,23). The highest BCUT2D eigenvalue weighted by molar-refractivity contribution is 7.13. The molecule has 0 aliphatic carbocycles. The van der Waals surface area contributed by atoms with Crippen LogP contribution in [-0.4, -0.2) is 23.5 Å². The molecule has 0 saturated heterocycles. The van der Waals surface area contributed by atoms with Gasteiger partial charge < -0.3 is 10.6 Å². The lowest BCUT2D eigenvalue weighted by Gasteiger charge is -2.06. The molecule has 0 radical (unpaired) electrons. The van der Waals surface area contributed by atoms with Crippen LogP contribution in [0.15, 0.2) is 29.6 Å². The number of urea groups is 1. The number of aromatic nitrogens is 1. The van der Waals surface area contributed by atoms with E-state index in [1.165, 1.54) is 11.3 Å². The van der Waals surface area contributed by atoms with Crippen molar-refractivity contribution in [2.24, 2.45) is 5.92 Å². The number of amides is 3. The van der Waals surface area contributed by atoms with Gasteiger partial charge in [-0.2, -0.15) is 0 Å².